The summed E-state index contributed by atoms with van der Waals surface area (Å²) < 4.78 is 5.63. The van der Waals surface area contributed by atoms with E-state index in [2.05, 4.69) is 5.32 Å². The van der Waals surface area contributed by atoms with Crippen molar-refractivity contribution in [2.75, 3.05) is 20.2 Å². The summed E-state index contributed by atoms with van der Waals surface area (Å²) in [6, 6.07) is 7.45. The lowest BCUT2D eigenvalue weighted by Crippen LogP contribution is -2.46. The van der Waals surface area contributed by atoms with Gasteiger partial charge in [-0.25, -0.2) is 4.79 Å². The van der Waals surface area contributed by atoms with Crippen LogP contribution in [0.5, 0.6) is 5.75 Å². The number of nitrogens with one attached hydrogen (secondary N) is 1. The third kappa shape index (κ3) is 5.93. The van der Waals surface area contributed by atoms with Crippen LogP contribution in [0.4, 0.5) is 4.79 Å². The van der Waals surface area contributed by atoms with E-state index in [9.17, 15) is 9.90 Å². The van der Waals surface area contributed by atoms with Crippen LogP contribution in [0, 0.1) is 6.92 Å². The molecule has 0 saturated heterocycles. The molecule has 1 rings (SSSR count). The normalized spacial score (nSPS) is 13.4. The number of hydrogen-bond acceptors (Lipinski definition) is 3. The van der Waals surface area contributed by atoms with Gasteiger partial charge in [0.2, 0.25) is 0 Å². The minimum absolute atomic E-state index is 0.112. The second-order valence-corrected chi connectivity index (χ2v) is 5.21. The molecule has 112 valence electrons. The zero-order chi connectivity index (χ0) is 15.1. The number of rotatable bonds is 6. The van der Waals surface area contributed by atoms with Gasteiger partial charge in [-0.2, -0.15) is 0 Å². The summed E-state index contributed by atoms with van der Waals surface area (Å²) in [6.07, 6.45) is -0.537. The molecule has 0 aromatic heterocycles. The molecule has 0 aliphatic heterocycles. The van der Waals surface area contributed by atoms with Gasteiger partial charge in [0.15, 0.2) is 0 Å². The van der Waals surface area contributed by atoms with Gasteiger partial charge in [0.1, 0.15) is 12.4 Å². The molecular weight excluding hydrogens is 256 g/mol. The maximum absolute atomic E-state index is 11.8. The molecular formula is C15H24N2O3. The molecule has 0 fully saturated rings. The number of likely N-dealkylation sites (N-methyl/N-ethyl adjacent to an activating group) is 1. The van der Waals surface area contributed by atoms with E-state index >= 15 is 0 Å². The Hall–Kier alpha value is -1.75. The number of nitrogens with zero attached hydrogens (tertiary/aromatic N) is 1. The summed E-state index contributed by atoms with van der Waals surface area (Å²) in [5, 5.41) is 12.1. The SMILES string of the molecule is Cc1cccc(OCC(C)NC(=O)N(C)CC(C)O)c1. The number of urea groups is 1. The van der Waals surface area contributed by atoms with Crippen LogP contribution in [0.25, 0.3) is 0 Å². The van der Waals surface area contributed by atoms with Crippen LogP contribution in [-0.2, 0) is 0 Å². The maximum Gasteiger partial charge on any atom is 0.317 e. The highest BCUT2D eigenvalue weighted by atomic mass is 16.5. The van der Waals surface area contributed by atoms with Crippen molar-refractivity contribution in [3.05, 3.63) is 29.8 Å². The molecule has 2 N–H and O–H groups in total. The van der Waals surface area contributed by atoms with Crippen LogP contribution in [0.15, 0.2) is 24.3 Å². The Morgan fingerprint density at radius 2 is 2.15 bits per heavy atom. The van der Waals surface area contributed by atoms with Crippen molar-refractivity contribution in [1.82, 2.24) is 10.2 Å². The molecule has 0 aliphatic rings. The summed E-state index contributed by atoms with van der Waals surface area (Å²) in [7, 11) is 1.65. The van der Waals surface area contributed by atoms with Gasteiger partial charge in [-0.3, -0.25) is 0 Å². The second-order valence-electron chi connectivity index (χ2n) is 5.21. The molecule has 2 atom stereocenters. The van der Waals surface area contributed by atoms with Gasteiger partial charge >= 0.3 is 6.03 Å². The van der Waals surface area contributed by atoms with Gasteiger partial charge in [0.25, 0.3) is 0 Å². The Balaban J connectivity index is 2.36. The second kappa shape index (κ2) is 7.75. The summed E-state index contributed by atoms with van der Waals surface area (Å²) in [6.45, 7) is 6.23. The zero-order valence-corrected chi connectivity index (χ0v) is 12.6. The number of amides is 2. The van der Waals surface area contributed by atoms with Gasteiger partial charge < -0.3 is 20.1 Å². The number of benzene rings is 1. The van der Waals surface area contributed by atoms with Crippen molar-refractivity contribution in [2.24, 2.45) is 0 Å². The van der Waals surface area contributed by atoms with E-state index in [1.165, 1.54) is 4.90 Å². The van der Waals surface area contributed by atoms with Gasteiger partial charge in [-0.1, -0.05) is 12.1 Å². The fourth-order valence-electron chi connectivity index (χ4n) is 1.77. The highest BCUT2D eigenvalue weighted by Crippen LogP contribution is 2.12. The minimum atomic E-state index is -0.537. The number of aliphatic hydroxyl groups is 1. The maximum atomic E-state index is 11.8. The number of carbonyl (C=O) groups excluding carboxylic acids is 1. The number of ether oxygens (including phenoxy) is 1. The molecule has 5 heteroatoms. The summed E-state index contributed by atoms with van der Waals surface area (Å²) in [5.74, 6) is 0.795. The van der Waals surface area contributed by atoms with E-state index < -0.39 is 6.10 Å². The van der Waals surface area contributed by atoms with E-state index in [0.29, 0.717) is 13.2 Å². The topological polar surface area (TPSA) is 61.8 Å². The van der Waals surface area contributed by atoms with E-state index in [1.54, 1.807) is 14.0 Å². The third-order valence-corrected chi connectivity index (χ3v) is 2.74. The lowest BCUT2D eigenvalue weighted by Gasteiger charge is -2.22. The van der Waals surface area contributed by atoms with Gasteiger partial charge in [-0.15, -0.1) is 0 Å². The standard InChI is InChI=1S/C15H24N2O3/c1-11-6-5-7-14(8-11)20-10-12(2)16-15(19)17(4)9-13(3)18/h5-8,12-13,18H,9-10H2,1-4H3,(H,16,19). The zero-order valence-electron chi connectivity index (χ0n) is 12.6. The van der Waals surface area contributed by atoms with Crippen LogP contribution in [-0.4, -0.2) is 48.4 Å². The average molecular weight is 280 g/mol. The molecule has 5 nitrogen and oxygen atoms in total. The van der Waals surface area contributed by atoms with Gasteiger partial charge in [-0.05, 0) is 38.5 Å². The monoisotopic (exact) mass is 280 g/mol. The van der Waals surface area contributed by atoms with Crippen LogP contribution in [0.2, 0.25) is 0 Å². The van der Waals surface area contributed by atoms with Crippen molar-refractivity contribution in [3.63, 3.8) is 0 Å². The largest absolute Gasteiger partial charge is 0.491 e. The molecule has 0 heterocycles. The Kier molecular flexibility index (Phi) is 6.31. The molecule has 0 bridgehead atoms. The molecule has 0 saturated carbocycles. The fraction of sp³-hybridized carbons (Fsp3) is 0.533. The lowest BCUT2D eigenvalue weighted by molar-refractivity contribution is 0.141. The Labute approximate surface area is 120 Å². The highest BCUT2D eigenvalue weighted by molar-refractivity contribution is 5.74. The summed E-state index contributed by atoms with van der Waals surface area (Å²) in [4.78, 5) is 13.3. The fourth-order valence-corrected chi connectivity index (χ4v) is 1.77. The number of carbonyl (C=O) groups is 1. The Morgan fingerprint density at radius 3 is 2.75 bits per heavy atom. The molecule has 1 aromatic carbocycles. The number of aryl methyl sites for hydroxylation is 1. The molecule has 20 heavy (non-hydrogen) atoms. The molecule has 2 unspecified atom stereocenters. The predicted molar refractivity (Wildman–Crippen MR) is 79.0 cm³/mol. The smallest absolute Gasteiger partial charge is 0.317 e. The van der Waals surface area contributed by atoms with Crippen molar-refractivity contribution >= 4 is 6.03 Å². The number of aliphatic hydroxyl groups excluding tert-OH is 1. The van der Waals surface area contributed by atoms with Crippen LogP contribution < -0.4 is 10.1 Å². The predicted octanol–water partition coefficient (Wildman–Crippen LogP) is 1.78. The van der Waals surface area contributed by atoms with Crippen LogP contribution in [0.1, 0.15) is 19.4 Å². The van der Waals surface area contributed by atoms with E-state index in [1.807, 2.05) is 38.1 Å². The Bertz CT molecular complexity index is 435. The first-order valence-corrected chi connectivity index (χ1v) is 6.77. The average Bonchev–Trinajstić information content (AvgIpc) is 2.35. The number of hydrogen-bond donors (Lipinski definition) is 2. The Morgan fingerprint density at radius 1 is 1.45 bits per heavy atom. The quantitative estimate of drug-likeness (QED) is 0.835. The van der Waals surface area contributed by atoms with Crippen molar-refractivity contribution < 1.29 is 14.6 Å². The first-order chi connectivity index (χ1) is 9.38. The molecule has 2 amide bonds. The first-order valence-electron chi connectivity index (χ1n) is 6.77. The van der Waals surface area contributed by atoms with Crippen molar-refractivity contribution in [1.29, 1.82) is 0 Å². The summed E-state index contributed by atoms with van der Waals surface area (Å²) >= 11 is 0. The van der Waals surface area contributed by atoms with Gasteiger partial charge in [0, 0.05) is 13.6 Å². The van der Waals surface area contributed by atoms with E-state index in [-0.39, 0.29) is 12.1 Å². The van der Waals surface area contributed by atoms with Crippen LogP contribution in [0.3, 0.4) is 0 Å². The van der Waals surface area contributed by atoms with E-state index in [4.69, 9.17) is 4.74 Å². The highest BCUT2D eigenvalue weighted by Gasteiger charge is 2.13. The van der Waals surface area contributed by atoms with Crippen LogP contribution >= 0.6 is 0 Å². The first kappa shape index (κ1) is 16.3. The molecule has 0 radical (unpaired) electrons. The lowest BCUT2D eigenvalue weighted by atomic mass is 10.2. The van der Waals surface area contributed by atoms with Crippen molar-refractivity contribution in [2.45, 2.75) is 32.9 Å². The minimum Gasteiger partial charge on any atom is -0.491 e. The summed E-state index contributed by atoms with van der Waals surface area (Å²) in [5.41, 5.74) is 1.14. The molecule has 0 spiro atoms. The molecule has 1 aromatic rings. The molecule has 0 aliphatic carbocycles. The van der Waals surface area contributed by atoms with E-state index in [0.717, 1.165) is 11.3 Å². The third-order valence-electron chi connectivity index (χ3n) is 2.74. The van der Waals surface area contributed by atoms with Crippen molar-refractivity contribution in [3.8, 4) is 5.75 Å². The van der Waals surface area contributed by atoms with Gasteiger partial charge in [0.05, 0.1) is 12.1 Å².